The van der Waals surface area contributed by atoms with Crippen molar-refractivity contribution < 1.29 is 37.4 Å². The van der Waals surface area contributed by atoms with Gasteiger partial charge in [-0.15, -0.1) is 0 Å². The zero-order valence-corrected chi connectivity index (χ0v) is 12.2. The van der Waals surface area contributed by atoms with Crippen molar-refractivity contribution in [3.63, 3.8) is 0 Å². The topological polar surface area (TPSA) is 105 Å². The highest BCUT2D eigenvalue weighted by Crippen LogP contribution is 2.09. The van der Waals surface area contributed by atoms with Crippen molar-refractivity contribution in [3.8, 4) is 0 Å². The maximum absolute atomic E-state index is 10.9. The van der Waals surface area contributed by atoms with Crippen LogP contribution < -0.4 is 0 Å². The van der Waals surface area contributed by atoms with E-state index in [4.69, 9.17) is 8.83 Å². The largest absolute Gasteiger partial charge is 0.463 e. The van der Waals surface area contributed by atoms with Crippen LogP contribution in [0.15, 0.2) is 39.4 Å². The van der Waals surface area contributed by atoms with Gasteiger partial charge in [0.1, 0.15) is 0 Å². The van der Waals surface area contributed by atoms with E-state index in [0.717, 1.165) is 0 Å². The Balaban J connectivity index is 0.000000235. The summed E-state index contributed by atoms with van der Waals surface area (Å²) in [7, 11) is 3.76. The Hall–Kier alpha value is -3.03. The van der Waals surface area contributed by atoms with Crippen LogP contribution in [-0.2, 0) is 14.2 Å². The molecule has 0 saturated heterocycles. The fourth-order valence-corrected chi connectivity index (χ4v) is 1.25. The Morgan fingerprint density at radius 3 is 1.59 bits per heavy atom. The molecule has 2 aromatic heterocycles. The first-order chi connectivity index (χ1) is 10.5. The van der Waals surface area contributed by atoms with Gasteiger partial charge >= 0.3 is 17.9 Å². The van der Waals surface area contributed by atoms with Crippen molar-refractivity contribution in [1.29, 1.82) is 0 Å². The number of hydrogen-bond donors (Lipinski definition) is 0. The first-order valence-electron chi connectivity index (χ1n) is 5.91. The second-order valence-electron chi connectivity index (χ2n) is 3.62. The summed E-state index contributed by atoms with van der Waals surface area (Å²) in [5.74, 6) is -1.52. The maximum atomic E-state index is 10.9. The molecule has 0 unspecified atom stereocenters. The second kappa shape index (κ2) is 8.30. The molecular weight excluding hydrogens is 296 g/mol. The molecule has 0 aliphatic rings. The molecular formula is C14H14O8. The van der Waals surface area contributed by atoms with Crippen LogP contribution in [0.25, 0.3) is 0 Å². The quantitative estimate of drug-likeness (QED) is 0.625. The fraction of sp³-hybridized carbons (Fsp3) is 0.214. The van der Waals surface area contributed by atoms with Crippen LogP contribution in [0.3, 0.4) is 0 Å². The highest BCUT2D eigenvalue weighted by atomic mass is 16.6. The van der Waals surface area contributed by atoms with Crippen molar-refractivity contribution in [1.82, 2.24) is 0 Å². The van der Waals surface area contributed by atoms with Crippen molar-refractivity contribution >= 4 is 17.9 Å². The molecule has 0 spiro atoms. The van der Waals surface area contributed by atoms with E-state index in [9.17, 15) is 14.4 Å². The Kier molecular flexibility index (Phi) is 6.42. The van der Waals surface area contributed by atoms with E-state index in [1.54, 1.807) is 12.1 Å². The van der Waals surface area contributed by atoms with Gasteiger partial charge in [0, 0.05) is 0 Å². The highest BCUT2D eigenvalue weighted by Gasteiger charge is 2.15. The Morgan fingerprint density at radius 2 is 1.23 bits per heavy atom. The van der Waals surface area contributed by atoms with Crippen molar-refractivity contribution in [2.75, 3.05) is 21.3 Å². The van der Waals surface area contributed by atoms with E-state index in [0.29, 0.717) is 0 Å². The highest BCUT2D eigenvalue weighted by molar-refractivity contribution is 5.90. The van der Waals surface area contributed by atoms with E-state index in [-0.39, 0.29) is 17.3 Å². The van der Waals surface area contributed by atoms with Crippen LogP contribution in [0.5, 0.6) is 0 Å². The lowest BCUT2D eigenvalue weighted by molar-refractivity contribution is 0.0527. The molecule has 8 heteroatoms. The molecule has 8 nitrogen and oxygen atoms in total. The average molecular weight is 310 g/mol. The maximum Gasteiger partial charge on any atom is 0.373 e. The molecule has 0 radical (unpaired) electrons. The molecule has 0 atom stereocenters. The minimum Gasteiger partial charge on any atom is -0.463 e. The predicted molar refractivity (Wildman–Crippen MR) is 71.4 cm³/mol. The molecule has 0 aliphatic heterocycles. The van der Waals surface area contributed by atoms with Gasteiger partial charge in [0.2, 0.25) is 17.3 Å². The van der Waals surface area contributed by atoms with Gasteiger partial charge in [-0.1, -0.05) is 0 Å². The van der Waals surface area contributed by atoms with Crippen molar-refractivity contribution in [2.24, 2.45) is 0 Å². The van der Waals surface area contributed by atoms with Crippen LogP contribution in [0, 0.1) is 0 Å². The molecule has 2 heterocycles. The number of carbonyl (C=O) groups is 3. The number of carbonyl (C=O) groups excluding carboxylic acids is 3. The lowest BCUT2D eigenvalue weighted by Crippen LogP contribution is -2.00. The van der Waals surface area contributed by atoms with Gasteiger partial charge < -0.3 is 23.0 Å². The second-order valence-corrected chi connectivity index (χ2v) is 3.62. The molecule has 0 amide bonds. The van der Waals surface area contributed by atoms with Crippen LogP contribution in [0.4, 0.5) is 0 Å². The molecule has 0 saturated carbocycles. The van der Waals surface area contributed by atoms with E-state index in [2.05, 4.69) is 14.2 Å². The number of methoxy groups -OCH3 is 3. The van der Waals surface area contributed by atoms with Gasteiger partial charge in [0.05, 0.1) is 27.6 Å². The predicted octanol–water partition coefficient (Wildman–Crippen LogP) is 1.92. The lowest BCUT2D eigenvalue weighted by atomic mass is 10.4. The normalized spacial score (nSPS) is 9.23. The molecule has 2 rings (SSSR count). The van der Waals surface area contributed by atoms with Gasteiger partial charge in [-0.05, 0) is 24.3 Å². The number of ether oxygens (including phenoxy) is 3. The van der Waals surface area contributed by atoms with Gasteiger partial charge in [-0.25, -0.2) is 14.4 Å². The van der Waals surface area contributed by atoms with Gasteiger partial charge in [-0.3, -0.25) is 0 Å². The monoisotopic (exact) mass is 310 g/mol. The summed E-state index contributed by atoms with van der Waals surface area (Å²) in [4.78, 5) is 32.3. The molecule has 22 heavy (non-hydrogen) atoms. The minimum atomic E-state index is -0.629. The first kappa shape index (κ1) is 17.0. The van der Waals surface area contributed by atoms with Crippen LogP contribution in [-0.4, -0.2) is 39.2 Å². The van der Waals surface area contributed by atoms with E-state index >= 15 is 0 Å². The smallest absolute Gasteiger partial charge is 0.373 e. The summed E-state index contributed by atoms with van der Waals surface area (Å²) in [6.07, 6.45) is 1.42. The van der Waals surface area contributed by atoms with Crippen LogP contribution in [0.1, 0.15) is 31.7 Å². The summed E-state index contributed by atoms with van der Waals surface area (Å²) in [6, 6.07) is 5.87. The molecule has 0 aliphatic carbocycles. The zero-order chi connectivity index (χ0) is 16.5. The third-order valence-corrected chi connectivity index (χ3v) is 2.29. The summed E-state index contributed by atoms with van der Waals surface area (Å²) >= 11 is 0. The Labute approximate surface area is 125 Å². The summed E-state index contributed by atoms with van der Waals surface area (Å²) in [5.41, 5.74) is 0. The molecule has 2 aromatic rings. The number of hydrogen-bond acceptors (Lipinski definition) is 8. The third-order valence-electron chi connectivity index (χ3n) is 2.29. The number of furan rings is 2. The van der Waals surface area contributed by atoms with Crippen molar-refractivity contribution in [3.05, 3.63) is 47.8 Å². The zero-order valence-electron chi connectivity index (χ0n) is 12.2. The summed E-state index contributed by atoms with van der Waals surface area (Å²) < 4.78 is 22.7. The molecule has 0 aromatic carbocycles. The van der Waals surface area contributed by atoms with Gasteiger partial charge in [0.15, 0.2) is 0 Å². The summed E-state index contributed by atoms with van der Waals surface area (Å²) in [5, 5.41) is 0. The fourth-order valence-electron chi connectivity index (χ4n) is 1.25. The lowest BCUT2D eigenvalue weighted by Gasteiger charge is -1.93. The molecule has 0 N–H and O–H groups in total. The van der Waals surface area contributed by atoms with E-state index in [1.807, 2.05) is 0 Å². The van der Waals surface area contributed by atoms with Crippen molar-refractivity contribution in [2.45, 2.75) is 0 Å². The van der Waals surface area contributed by atoms with E-state index in [1.165, 1.54) is 39.7 Å². The third kappa shape index (κ3) is 4.51. The molecule has 0 bridgehead atoms. The molecule has 118 valence electrons. The van der Waals surface area contributed by atoms with E-state index < -0.39 is 17.9 Å². The van der Waals surface area contributed by atoms with Crippen LogP contribution in [0.2, 0.25) is 0 Å². The van der Waals surface area contributed by atoms with Gasteiger partial charge in [-0.2, -0.15) is 0 Å². The number of esters is 3. The first-order valence-corrected chi connectivity index (χ1v) is 5.91. The SMILES string of the molecule is COC(=O)c1ccc(C(=O)OC)o1.COC(=O)c1ccco1. The molecule has 0 fully saturated rings. The Bertz CT molecular complexity index is 593. The van der Waals surface area contributed by atoms with Crippen LogP contribution >= 0.6 is 0 Å². The Morgan fingerprint density at radius 1 is 0.773 bits per heavy atom. The standard InChI is InChI=1S/C8H8O5.C6H6O3/c1-11-7(9)5-3-4-6(13-5)8(10)12-2;1-8-6(7)5-3-2-4-9-5/h3-4H,1-2H3;2-4H,1H3. The number of rotatable bonds is 3. The van der Waals surface area contributed by atoms with Gasteiger partial charge in [0.25, 0.3) is 0 Å². The minimum absolute atomic E-state index is 0.0251. The average Bonchev–Trinajstić information content (AvgIpc) is 3.24. The summed E-state index contributed by atoms with van der Waals surface area (Å²) in [6.45, 7) is 0.